The Balaban J connectivity index is 1.32. The number of hydrogen-bond acceptors (Lipinski definition) is 4. The highest BCUT2D eigenvalue weighted by atomic mass is 19.1. The largest absolute Gasteiger partial charge is 0.497 e. The van der Waals surface area contributed by atoms with E-state index in [0.29, 0.717) is 36.5 Å². The van der Waals surface area contributed by atoms with E-state index in [2.05, 4.69) is 9.80 Å². The van der Waals surface area contributed by atoms with E-state index in [-0.39, 0.29) is 5.82 Å². The molecule has 36 heavy (non-hydrogen) atoms. The molecule has 4 aromatic rings. The number of hydrogen-bond donors (Lipinski definition) is 0. The SMILES string of the molecule is COc1ccc(F)c(CN2CCCN(Cc3nc4ccccc4n3Cc3cc(F)cc(F)c3)CC2)c1. The van der Waals surface area contributed by atoms with Crippen molar-refractivity contribution in [3.05, 3.63) is 95.1 Å². The predicted octanol–water partition coefficient (Wildman–Crippen LogP) is 5.22. The van der Waals surface area contributed by atoms with Gasteiger partial charge < -0.3 is 9.30 Å². The molecule has 1 aromatic heterocycles. The van der Waals surface area contributed by atoms with Gasteiger partial charge in [-0.3, -0.25) is 9.80 Å². The number of benzene rings is 3. The van der Waals surface area contributed by atoms with Gasteiger partial charge in [0.05, 0.1) is 24.7 Å². The Morgan fingerprint density at radius 3 is 2.28 bits per heavy atom. The van der Waals surface area contributed by atoms with E-state index >= 15 is 0 Å². The van der Waals surface area contributed by atoms with Crippen molar-refractivity contribution >= 4 is 11.0 Å². The number of methoxy groups -OCH3 is 1. The van der Waals surface area contributed by atoms with Crippen molar-refractivity contribution in [1.82, 2.24) is 19.4 Å². The Morgan fingerprint density at radius 1 is 0.806 bits per heavy atom. The lowest BCUT2D eigenvalue weighted by Gasteiger charge is -2.22. The molecule has 8 heteroatoms. The Labute approximate surface area is 208 Å². The van der Waals surface area contributed by atoms with Crippen LogP contribution in [-0.4, -0.2) is 52.6 Å². The van der Waals surface area contributed by atoms with Crippen molar-refractivity contribution in [3.8, 4) is 5.75 Å². The highest BCUT2D eigenvalue weighted by molar-refractivity contribution is 5.76. The molecule has 0 radical (unpaired) electrons. The highest BCUT2D eigenvalue weighted by Crippen LogP contribution is 2.22. The van der Waals surface area contributed by atoms with Crippen LogP contribution in [0.3, 0.4) is 0 Å². The standard InChI is InChI=1S/C28H29F3N4O/c1-36-24-7-8-25(31)21(15-24)18-33-9-4-10-34(12-11-33)19-28-32-26-5-2-3-6-27(26)35(28)17-20-13-22(29)16-23(30)14-20/h2-3,5-8,13-16H,4,9-12,17-19H2,1H3. The second-order valence-electron chi connectivity index (χ2n) is 9.24. The van der Waals surface area contributed by atoms with Crippen molar-refractivity contribution in [2.45, 2.75) is 26.1 Å². The molecule has 0 atom stereocenters. The number of nitrogens with zero attached hydrogens (tertiary/aromatic N) is 4. The van der Waals surface area contributed by atoms with Gasteiger partial charge in [0.15, 0.2) is 0 Å². The van der Waals surface area contributed by atoms with Crippen molar-refractivity contribution in [3.63, 3.8) is 0 Å². The fraction of sp³-hybridized carbons (Fsp3) is 0.321. The van der Waals surface area contributed by atoms with Crippen LogP contribution in [0.2, 0.25) is 0 Å². The van der Waals surface area contributed by atoms with Crippen molar-refractivity contribution in [2.24, 2.45) is 0 Å². The molecule has 0 saturated carbocycles. The molecule has 0 N–H and O–H groups in total. The number of fused-ring (bicyclic) bond motifs is 1. The third kappa shape index (κ3) is 5.55. The number of rotatable bonds is 7. The van der Waals surface area contributed by atoms with Crippen LogP contribution in [-0.2, 0) is 19.6 Å². The number of imidazole rings is 1. The molecule has 5 nitrogen and oxygen atoms in total. The van der Waals surface area contributed by atoms with Gasteiger partial charge >= 0.3 is 0 Å². The molecule has 188 valence electrons. The quantitative estimate of drug-likeness (QED) is 0.353. The van der Waals surface area contributed by atoms with Crippen LogP contribution < -0.4 is 4.74 Å². The summed E-state index contributed by atoms with van der Waals surface area (Å²) in [5.74, 6) is 0.111. The number of para-hydroxylation sites is 2. The summed E-state index contributed by atoms with van der Waals surface area (Å²) in [7, 11) is 1.58. The van der Waals surface area contributed by atoms with Gasteiger partial charge in [0, 0.05) is 37.8 Å². The van der Waals surface area contributed by atoms with Crippen LogP contribution in [0, 0.1) is 17.5 Å². The maximum absolute atomic E-state index is 14.4. The summed E-state index contributed by atoms with van der Waals surface area (Å²) >= 11 is 0. The van der Waals surface area contributed by atoms with Gasteiger partial charge in [-0.15, -0.1) is 0 Å². The fourth-order valence-corrected chi connectivity index (χ4v) is 4.89. The summed E-state index contributed by atoms with van der Waals surface area (Å²) in [6.07, 6.45) is 0.945. The van der Waals surface area contributed by atoms with Crippen molar-refractivity contribution in [2.75, 3.05) is 33.3 Å². The first-order valence-corrected chi connectivity index (χ1v) is 12.1. The summed E-state index contributed by atoms with van der Waals surface area (Å²) in [5.41, 5.74) is 2.97. The van der Waals surface area contributed by atoms with Crippen molar-refractivity contribution in [1.29, 1.82) is 0 Å². The maximum Gasteiger partial charge on any atom is 0.127 e. The minimum atomic E-state index is -0.587. The molecule has 0 unspecified atom stereocenters. The van der Waals surface area contributed by atoms with E-state index in [1.165, 1.54) is 18.2 Å². The van der Waals surface area contributed by atoms with Crippen LogP contribution in [0.1, 0.15) is 23.4 Å². The number of aromatic nitrogens is 2. The summed E-state index contributed by atoms with van der Waals surface area (Å²) < 4.78 is 49.3. The third-order valence-electron chi connectivity index (χ3n) is 6.69. The molecule has 1 saturated heterocycles. The highest BCUT2D eigenvalue weighted by Gasteiger charge is 2.20. The van der Waals surface area contributed by atoms with E-state index in [0.717, 1.165) is 55.5 Å². The Kier molecular flexibility index (Phi) is 7.25. The first kappa shape index (κ1) is 24.3. The minimum absolute atomic E-state index is 0.223. The molecule has 2 heterocycles. The molecule has 3 aromatic carbocycles. The summed E-state index contributed by atoms with van der Waals surface area (Å²) in [6, 6.07) is 16.3. The topological polar surface area (TPSA) is 33.5 Å². The van der Waals surface area contributed by atoms with Crippen LogP contribution >= 0.6 is 0 Å². The van der Waals surface area contributed by atoms with Crippen LogP contribution in [0.15, 0.2) is 60.7 Å². The van der Waals surface area contributed by atoms with Crippen LogP contribution in [0.4, 0.5) is 13.2 Å². The van der Waals surface area contributed by atoms with Gasteiger partial charge in [-0.05, 0) is 67.5 Å². The molecule has 1 aliphatic heterocycles. The molecule has 1 fully saturated rings. The monoisotopic (exact) mass is 494 g/mol. The fourth-order valence-electron chi connectivity index (χ4n) is 4.89. The van der Waals surface area contributed by atoms with Gasteiger partial charge in [0.25, 0.3) is 0 Å². The second-order valence-corrected chi connectivity index (χ2v) is 9.24. The zero-order valence-corrected chi connectivity index (χ0v) is 20.3. The summed E-state index contributed by atoms with van der Waals surface area (Å²) in [6.45, 7) is 4.84. The third-order valence-corrected chi connectivity index (χ3v) is 6.69. The van der Waals surface area contributed by atoms with Gasteiger partial charge in [-0.1, -0.05) is 12.1 Å². The average molecular weight is 495 g/mol. The minimum Gasteiger partial charge on any atom is -0.497 e. The zero-order chi connectivity index (χ0) is 25.1. The lowest BCUT2D eigenvalue weighted by molar-refractivity contribution is 0.240. The molecule has 0 bridgehead atoms. The normalized spacial score (nSPS) is 15.3. The lowest BCUT2D eigenvalue weighted by Crippen LogP contribution is -2.31. The van der Waals surface area contributed by atoms with Gasteiger partial charge in [-0.25, -0.2) is 18.2 Å². The maximum atomic E-state index is 14.4. The molecular weight excluding hydrogens is 465 g/mol. The molecular formula is C28H29F3N4O. The predicted molar refractivity (Wildman–Crippen MR) is 133 cm³/mol. The van der Waals surface area contributed by atoms with E-state index in [1.807, 2.05) is 28.8 Å². The smallest absolute Gasteiger partial charge is 0.127 e. The first-order chi connectivity index (χ1) is 17.5. The van der Waals surface area contributed by atoms with Crippen LogP contribution in [0.25, 0.3) is 11.0 Å². The van der Waals surface area contributed by atoms with Gasteiger partial charge in [0.2, 0.25) is 0 Å². The van der Waals surface area contributed by atoms with E-state index in [9.17, 15) is 13.2 Å². The Bertz CT molecular complexity index is 1340. The average Bonchev–Trinajstić information content (AvgIpc) is 3.03. The summed E-state index contributed by atoms with van der Waals surface area (Å²) in [5, 5.41) is 0. The molecule has 0 amide bonds. The van der Waals surface area contributed by atoms with Crippen molar-refractivity contribution < 1.29 is 17.9 Å². The van der Waals surface area contributed by atoms with Gasteiger partial charge in [-0.2, -0.15) is 0 Å². The van der Waals surface area contributed by atoms with Gasteiger partial charge in [0.1, 0.15) is 29.0 Å². The zero-order valence-electron chi connectivity index (χ0n) is 20.3. The lowest BCUT2D eigenvalue weighted by atomic mass is 10.2. The van der Waals surface area contributed by atoms with E-state index in [4.69, 9.17) is 9.72 Å². The van der Waals surface area contributed by atoms with Crippen LogP contribution in [0.5, 0.6) is 5.75 Å². The summed E-state index contributed by atoms with van der Waals surface area (Å²) in [4.78, 5) is 9.45. The Morgan fingerprint density at radius 2 is 1.53 bits per heavy atom. The first-order valence-electron chi connectivity index (χ1n) is 12.1. The molecule has 1 aliphatic rings. The Hall–Kier alpha value is -3.36. The molecule has 5 rings (SSSR count). The molecule has 0 spiro atoms. The van der Waals surface area contributed by atoms with E-state index < -0.39 is 11.6 Å². The number of ether oxygens (including phenoxy) is 1. The van der Waals surface area contributed by atoms with E-state index in [1.54, 1.807) is 19.2 Å². The number of halogens is 3. The molecule has 0 aliphatic carbocycles. The second kappa shape index (κ2) is 10.7.